The number of ether oxygens (including phenoxy) is 1. The van der Waals surface area contributed by atoms with Gasteiger partial charge in [-0.1, -0.05) is 6.07 Å². The molecule has 3 atom stereocenters. The van der Waals surface area contributed by atoms with Crippen LogP contribution in [-0.2, 0) is 16.7 Å². The molecule has 2 aromatic rings. The zero-order chi connectivity index (χ0) is 20.1. The number of amidine groups is 1. The predicted molar refractivity (Wildman–Crippen MR) is 95.8 cm³/mol. The van der Waals surface area contributed by atoms with Crippen LogP contribution < -0.4 is 5.73 Å². The zero-order valence-electron chi connectivity index (χ0n) is 14.4. The first-order chi connectivity index (χ1) is 13.3. The van der Waals surface area contributed by atoms with E-state index in [2.05, 4.69) is 4.99 Å². The van der Waals surface area contributed by atoms with Crippen LogP contribution in [0.1, 0.15) is 32.8 Å². The van der Waals surface area contributed by atoms with Gasteiger partial charge in [-0.3, -0.25) is 4.79 Å². The first-order valence-electron chi connectivity index (χ1n) is 8.46. The van der Waals surface area contributed by atoms with E-state index >= 15 is 0 Å². The van der Waals surface area contributed by atoms with Gasteiger partial charge < -0.3 is 10.5 Å². The Morgan fingerprint density at radius 1 is 1.46 bits per heavy atom. The second-order valence-electron chi connectivity index (χ2n) is 6.80. The molecule has 2 N–H and O–H groups in total. The lowest BCUT2D eigenvalue weighted by molar-refractivity contribution is 0.0176. The lowest BCUT2D eigenvalue weighted by Crippen LogP contribution is -2.43. The third kappa shape index (κ3) is 2.94. The molecule has 144 valence electrons. The number of halogens is 3. The van der Waals surface area contributed by atoms with E-state index in [1.54, 1.807) is 5.38 Å². The van der Waals surface area contributed by atoms with Crippen LogP contribution in [0, 0.1) is 23.1 Å². The van der Waals surface area contributed by atoms with Crippen LogP contribution in [0.2, 0.25) is 0 Å². The Bertz CT molecular complexity index is 1030. The minimum atomic E-state index is -2.99. The Kier molecular flexibility index (Phi) is 4.38. The van der Waals surface area contributed by atoms with Crippen molar-refractivity contribution in [3.63, 3.8) is 0 Å². The summed E-state index contributed by atoms with van der Waals surface area (Å²) in [5, 5.41) is 10.4. The van der Waals surface area contributed by atoms with Crippen molar-refractivity contribution in [3.8, 4) is 6.07 Å². The molecule has 5 nitrogen and oxygen atoms in total. The van der Waals surface area contributed by atoms with Gasteiger partial charge in [0.1, 0.15) is 18.0 Å². The van der Waals surface area contributed by atoms with Crippen molar-refractivity contribution < 1.29 is 22.7 Å². The van der Waals surface area contributed by atoms with Crippen molar-refractivity contribution in [1.29, 1.82) is 5.26 Å². The van der Waals surface area contributed by atoms with Crippen LogP contribution >= 0.6 is 11.3 Å². The fraction of sp³-hybridized carbons (Fsp3) is 0.316. The summed E-state index contributed by atoms with van der Waals surface area (Å²) in [4.78, 5) is 16.6. The van der Waals surface area contributed by atoms with Gasteiger partial charge in [0.05, 0.1) is 10.4 Å². The SMILES string of the molecule is N#Cc1csc(C(=O)Cc2ccc(F)c([C@@]3(C(F)F)N=C(N)O[C@@H]4C[C@@H]43)c2)c1. The zero-order valence-corrected chi connectivity index (χ0v) is 15.2. The van der Waals surface area contributed by atoms with E-state index in [1.165, 1.54) is 18.2 Å². The maximum atomic E-state index is 14.6. The Morgan fingerprint density at radius 2 is 2.25 bits per heavy atom. The number of nitriles is 1. The lowest BCUT2D eigenvalue weighted by atomic mass is 9.83. The highest BCUT2D eigenvalue weighted by Crippen LogP contribution is 2.56. The molecule has 0 bridgehead atoms. The van der Waals surface area contributed by atoms with Crippen molar-refractivity contribution in [3.05, 3.63) is 57.0 Å². The monoisotopic (exact) mass is 405 g/mol. The molecule has 1 aromatic heterocycles. The van der Waals surface area contributed by atoms with Gasteiger partial charge in [0.2, 0.25) is 0 Å². The third-order valence-electron chi connectivity index (χ3n) is 5.03. The molecular weight excluding hydrogens is 391 g/mol. The number of thiophene rings is 1. The van der Waals surface area contributed by atoms with Gasteiger partial charge in [0, 0.05) is 23.3 Å². The fourth-order valence-corrected chi connectivity index (χ4v) is 4.38. The topological polar surface area (TPSA) is 88.5 Å². The molecule has 0 spiro atoms. The predicted octanol–water partition coefficient (Wildman–Crippen LogP) is 3.38. The van der Waals surface area contributed by atoms with E-state index in [1.807, 2.05) is 6.07 Å². The molecule has 0 saturated heterocycles. The second kappa shape index (κ2) is 6.63. The highest BCUT2D eigenvalue weighted by molar-refractivity contribution is 7.12. The molecule has 28 heavy (non-hydrogen) atoms. The fourth-order valence-electron chi connectivity index (χ4n) is 3.60. The van der Waals surface area contributed by atoms with Gasteiger partial charge in [0.15, 0.2) is 11.3 Å². The van der Waals surface area contributed by atoms with Gasteiger partial charge >= 0.3 is 0 Å². The van der Waals surface area contributed by atoms with Crippen molar-refractivity contribution in [1.82, 2.24) is 0 Å². The number of hydrogen-bond donors (Lipinski definition) is 1. The number of benzene rings is 1. The van der Waals surface area contributed by atoms with Crippen molar-refractivity contribution in [2.75, 3.05) is 0 Å². The Morgan fingerprint density at radius 3 is 2.93 bits per heavy atom. The molecule has 4 rings (SSSR count). The van der Waals surface area contributed by atoms with Crippen LogP contribution in [0.15, 0.2) is 34.6 Å². The normalized spacial score (nSPS) is 25.5. The molecule has 1 fully saturated rings. The summed E-state index contributed by atoms with van der Waals surface area (Å²) in [6.07, 6.45) is -3.29. The standard InChI is InChI=1S/C19H14F3N3O2S/c20-13-2-1-9(4-14(26)16-5-10(7-23)8-28-16)3-11(13)19(17(21)22)12-6-15(12)27-18(24)25-19/h1-3,5,8,12,15,17H,4,6H2,(H2,24,25)/t12-,15+,19+/m0/s1. The summed E-state index contributed by atoms with van der Waals surface area (Å²) < 4.78 is 48.0. The first kappa shape index (κ1) is 18.5. The van der Waals surface area contributed by atoms with Crippen LogP contribution in [-0.4, -0.2) is 24.3 Å². The highest BCUT2D eigenvalue weighted by Gasteiger charge is 2.64. The molecule has 1 aliphatic heterocycles. The Hall–Kier alpha value is -2.86. The molecule has 2 aliphatic rings. The van der Waals surface area contributed by atoms with Gasteiger partial charge in [0.25, 0.3) is 12.4 Å². The van der Waals surface area contributed by atoms with Crippen LogP contribution in [0.25, 0.3) is 0 Å². The second-order valence-corrected chi connectivity index (χ2v) is 7.71. The van der Waals surface area contributed by atoms with Gasteiger partial charge in [-0.25, -0.2) is 18.2 Å². The van der Waals surface area contributed by atoms with Gasteiger partial charge in [-0.15, -0.1) is 11.3 Å². The number of rotatable bonds is 5. The number of carbonyl (C=O) groups is 1. The molecule has 9 heteroatoms. The number of fused-ring (bicyclic) bond motifs is 1. The summed E-state index contributed by atoms with van der Waals surface area (Å²) in [6.45, 7) is 0. The summed E-state index contributed by atoms with van der Waals surface area (Å²) in [6, 6.07) is 6.73. The molecule has 1 aliphatic carbocycles. The lowest BCUT2D eigenvalue weighted by Gasteiger charge is -2.33. The smallest absolute Gasteiger partial charge is 0.283 e. The molecule has 2 heterocycles. The number of nitrogens with two attached hydrogens (primary N) is 1. The number of hydrogen-bond acceptors (Lipinski definition) is 6. The first-order valence-corrected chi connectivity index (χ1v) is 9.34. The van der Waals surface area contributed by atoms with E-state index in [4.69, 9.17) is 15.7 Å². The number of ketones is 1. The molecule has 1 aromatic carbocycles. The van der Waals surface area contributed by atoms with E-state index in [9.17, 15) is 18.0 Å². The maximum Gasteiger partial charge on any atom is 0.283 e. The van der Waals surface area contributed by atoms with Gasteiger partial charge in [-0.05, 0) is 30.2 Å². The number of carbonyl (C=O) groups excluding carboxylic acids is 1. The van der Waals surface area contributed by atoms with E-state index in [0.717, 1.165) is 17.4 Å². The van der Waals surface area contributed by atoms with E-state index in [0.29, 0.717) is 22.4 Å². The van der Waals surface area contributed by atoms with E-state index in [-0.39, 0.29) is 23.8 Å². The van der Waals surface area contributed by atoms with Gasteiger partial charge in [-0.2, -0.15) is 5.26 Å². The molecule has 1 saturated carbocycles. The highest BCUT2D eigenvalue weighted by atomic mass is 32.1. The average Bonchev–Trinajstić information content (AvgIpc) is 3.27. The summed E-state index contributed by atoms with van der Waals surface area (Å²) in [5.74, 6) is -1.78. The van der Waals surface area contributed by atoms with Crippen LogP contribution in [0.5, 0.6) is 0 Å². The van der Waals surface area contributed by atoms with Crippen molar-refractivity contribution in [2.24, 2.45) is 16.6 Å². The summed E-state index contributed by atoms with van der Waals surface area (Å²) in [5.41, 5.74) is 3.91. The van der Waals surface area contributed by atoms with Crippen LogP contribution in [0.4, 0.5) is 13.2 Å². The number of Topliss-reactive ketones (excluding diaryl/α,β-unsaturated/α-hetero) is 1. The number of aliphatic imine (C=N–C) groups is 1. The van der Waals surface area contributed by atoms with Crippen LogP contribution in [0.3, 0.4) is 0 Å². The maximum absolute atomic E-state index is 14.6. The minimum Gasteiger partial charge on any atom is -0.462 e. The third-order valence-corrected chi connectivity index (χ3v) is 6.00. The van der Waals surface area contributed by atoms with Crippen molar-refractivity contribution in [2.45, 2.75) is 30.9 Å². The quantitative estimate of drug-likeness (QED) is 0.773. The summed E-state index contributed by atoms with van der Waals surface area (Å²) in [7, 11) is 0. The number of alkyl halides is 2. The summed E-state index contributed by atoms with van der Waals surface area (Å²) >= 11 is 1.13. The minimum absolute atomic E-state index is 0.109. The molecule has 0 amide bonds. The molecular formula is C19H14F3N3O2S. The largest absolute Gasteiger partial charge is 0.462 e. The van der Waals surface area contributed by atoms with Crippen molar-refractivity contribution >= 4 is 23.1 Å². The average molecular weight is 405 g/mol. The molecule has 0 radical (unpaired) electrons. The number of nitrogens with zero attached hydrogens (tertiary/aromatic N) is 2. The Labute approximate surface area is 162 Å². The Balaban J connectivity index is 1.70. The van der Waals surface area contributed by atoms with E-state index < -0.39 is 29.8 Å². The molecule has 0 unspecified atom stereocenters.